The number of amides is 1. The second-order valence-corrected chi connectivity index (χ2v) is 5.88. The molecule has 1 N–H and O–H groups in total. The first-order valence-electron chi connectivity index (χ1n) is 8.31. The van der Waals surface area contributed by atoms with Crippen LogP contribution in [0.25, 0.3) is 6.08 Å². The molecule has 2 aromatic carbocycles. The van der Waals surface area contributed by atoms with E-state index >= 15 is 0 Å². The van der Waals surface area contributed by atoms with Crippen LogP contribution in [0.15, 0.2) is 77.4 Å². The number of methoxy groups -OCH3 is 1. The van der Waals surface area contributed by atoms with Gasteiger partial charge in [0.15, 0.2) is 0 Å². The van der Waals surface area contributed by atoms with Crippen molar-refractivity contribution in [2.75, 3.05) is 17.3 Å². The summed E-state index contributed by atoms with van der Waals surface area (Å²) in [5, 5.41) is 3.41. The molecule has 130 valence electrons. The fourth-order valence-corrected chi connectivity index (χ4v) is 3.00. The molecule has 1 aromatic heterocycles. The van der Waals surface area contributed by atoms with E-state index in [1.54, 1.807) is 18.3 Å². The number of rotatable bonds is 4. The molecular weight excluding hydrogens is 328 g/mol. The van der Waals surface area contributed by atoms with E-state index in [4.69, 9.17) is 9.15 Å². The Labute approximate surface area is 151 Å². The fourth-order valence-electron chi connectivity index (χ4n) is 3.00. The molecule has 2 heterocycles. The van der Waals surface area contributed by atoms with Gasteiger partial charge in [-0.15, -0.1) is 0 Å². The molecule has 4 rings (SSSR count). The van der Waals surface area contributed by atoms with Crippen molar-refractivity contribution in [2.45, 2.75) is 6.17 Å². The number of fused-ring (bicyclic) bond motifs is 1. The van der Waals surface area contributed by atoms with Crippen molar-refractivity contribution in [3.8, 4) is 5.75 Å². The maximum atomic E-state index is 13.1. The molecule has 0 saturated heterocycles. The Morgan fingerprint density at radius 3 is 2.62 bits per heavy atom. The lowest BCUT2D eigenvalue weighted by atomic mass is 10.1. The van der Waals surface area contributed by atoms with Gasteiger partial charge in [0.25, 0.3) is 5.91 Å². The van der Waals surface area contributed by atoms with E-state index in [1.165, 1.54) is 0 Å². The van der Waals surface area contributed by atoms with Crippen LogP contribution >= 0.6 is 0 Å². The average Bonchev–Trinajstić information content (AvgIpc) is 3.20. The SMILES string of the molecule is COc1ccc(N2C(=O)c3ccccc3N[C@H]2/C=C\c2ccco2)cc1. The van der Waals surface area contributed by atoms with Gasteiger partial charge < -0.3 is 14.5 Å². The quantitative estimate of drug-likeness (QED) is 0.761. The van der Waals surface area contributed by atoms with Gasteiger partial charge in [-0.3, -0.25) is 9.69 Å². The van der Waals surface area contributed by atoms with E-state index in [0.717, 1.165) is 22.9 Å². The van der Waals surface area contributed by atoms with Crippen LogP contribution in [0.2, 0.25) is 0 Å². The molecular formula is C21H18N2O3. The zero-order valence-electron chi connectivity index (χ0n) is 14.3. The van der Waals surface area contributed by atoms with E-state index in [2.05, 4.69) is 5.32 Å². The highest BCUT2D eigenvalue weighted by atomic mass is 16.5. The van der Waals surface area contributed by atoms with Gasteiger partial charge in [-0.2, -0.15) is 0 Å². The summed E-state index contributed by atoms with van der Waals surface area (Å²) in [6, 6.07) is 18.6. The lowest BCUT2D eigenvalue weighted by Crippen LogP contribution is -2.48. The summed E-state index contributed by atoms with van der Waals surface area (Å²) in [5.41, 5.74) is 2.24. The Balaban J connectivity index is 1.74. The number of nitrogens with zero attached hydrogens (tertiary/aromatic N) is 1. The molecule has 3 aromatic rings. The van der Waals surface area contributed by atoms with Gasteiger partial charge in [0.05, 0.1) is 18.9 Å². The Bertz CT molecular complexity index is 930. The highest BCUT2D eigenvalue weighted by Crippen LogP contribution is 2.31. The normalized spacial score (nSPS) is 16.4. The number of para-hydroxylation sites is 1. The van der Waals surface area contributed by atoms with E-state index in [0.29, 0.717) is 5.56 Å². The van der Waals surface area contributed by atoms with Crippen LogP contribution in [-0.4, -0.2) is 19.2 Å². The molecule has 0 unspecified atom stereocenters. The van der Waals surface area contributed by atoms with Crippen molar-refractivity contribution in [1.29, 1.82) is 0 Å². The third-order valence-corrected chi connectivity index (χ3v) is 4.29. The standard InChI is InChI=1S/C21H18N2O3/c1-25-16-10-8-15(9-11-16)23-20(13-12-17-5-4-14-26-17)22-19-7-3-2-6-18(19)21(23)24/h2-14,20,22H,1H3/b13-12-/t20-/m1/s1. The first kappa shape index (κ1) is 16.0. The molecule has 5 nitrogen and oxygen atoms in total. The summed E-state index contributed by atoms with van der Waals surface area (Å²) in [6.07, 6.45) is 5.05. The summed E-state index contributed by atoms with van der Waals surface area (Å²) < 4.78 is 10.6. The third kappa shape index (κ3) is 2.95. The number of nitrogens with one attached hydrogen (secondary N) is 1. The number of carbonyl (C=O) groups excluding carboxylic acids is 1. The highest BCUT2D eigenvalue weighted by Gasteiger charge is 2.31. The summed E-state index contributed by atoms with van der Waals surface area (Å²) in [5.74, 6) is 1.42. The minimum atomic E-state index is -0.337. The largest absolute Gasteiger partial charge is 0.497 e. The number of hydrogen-bond donors (Lipinski definition) is 1. The van der Waals surface area contributed by atoms with Crippen LogP contribution in [0.3, 0.4) is 0 Å². The number of anilines is 2. The van der Waals surface area contributed by atoms with Gasteiger partial charge in [-0.25, -0.2) is 0 Å². The molecule has 0 fully saturated rings. The van der Waals surface area contributed by atoms with Crippen molar-refractivity contribution in [1.82, 2.24) is 0 Å². The maximum Gasteiger partial charge on any atom is 0.262 e. The summed E-state index contributed by atoms with van der Waals surface area (Å²) in [4.78, 5) is 14.9. The molecule has 1 atom stereocenters. The summed E-state index contributed by atoms with van der Waals surface area (Å²) >= 11 is 0. The van der Waals surface area contributed by atoms with E-state index < -0.39 is 0 Å². The molecule has 0 radical (unpaired) electrons. The molecule has 1 amide bonds. The second kappa shape index (κ2) is 6.80. The smallest absolute Gasteiger partial charge is 0.262 e. The predicted octanol–water partition coefficient (Wildman–Crippen LogP) is 4.40. The van der Waals surface area contributed by atoms with Gasteiger partial charge in [-0.1, -0.05) is 12.1 Å². The lowest BCUT2D eigenvalue weighted by Gasteiger charge is -2.36. The Morgan fingerprint density at radius 1 is 1.08 bits per heavy atom. The Hall–Kier alpha value is -3.47. The monoisotopic (exact) mass is 346 g/mol. The molecule has 0 aliphatic carbocycles. The topological polar surface area (TPSA) is 54.7 Å². The van der Waals surface area contributed by atoms with Crippen molar-refractivity contribution in [3.05, 3.63) is 84.3 Å². The molecule has 1 aliphatic heterocycles. The molecule has 0 bridgehead atoms. The number of furan rings is 1. The van der Waals surface area contributed by atoms with E-state index in [1.807, 2.05) is 72.8 Å². The number of carbonyl (C=O) groups is 1. The third-order valence-electron chi connectivity index (χ3n) is 4.29. The first-order valence-corrected chi connectivity index (χ1v) is 8.31. The second-order valence-electron chi connectivity index (χ2n) is 5.88. The van der Waals surface area contributed by atoms with E-state index in [-0.39, 0.29) is 12.1 Å². The summed E-state index contributed by atoms with van der Waals surface area (Å²) in [7, 11) is 1.62. The zero-order chi connectivity index (χ0) is 17.9. The van der Waals surface area contributed by atoms with Gasteiger partial charge in [-0.05, 0) is 60.7 Å². The zero-order valence-corrected chi connectivity index (χ0v) is 14.3. The number of hydrogen-bond acceptors (Lipinski definition) is 4. The Morgan fingerprint density at radius 2 is 1.88 bits per heavy atom. The van der Waals surface area contributed by atoms with Gasteiger partial charge in [0.2, 0.25) is 0 Å². The van der Waals surface area contributed by atoms with E-state index in [9.17, 15) is 4.79 Å². The molecule has 5 heteroatoms. The van der Waals surface area contributed by atoms with Crippen molar-refractivity contribution >= 4 is 23.4 Å². The molecule has 0 spiro atoms. The average molecular weight is 346 g/mol. The fraction of sp³-hybridized carbons (Fsp3) is 0.0952. The van der Waals surface area contributed by atoms with Crippen LogP contribution in [-0.2, 0) is 0 Å². The lowest BCUT2D eigenvalue weighted by molar-refractivity contribution is 0.0980. The molecule has 1 aliphatic rings. The Kier molecular flexibility index (Phi) is 4.19. The van der Waals surface area contributed by atoms with Crippen molar-refractivity contribution in [3.63, 3.8) is 0 Å². The maximum absolute atomic E-state index is 13.1. The van der Waals surface area contributed by atoms with Gasteiger partial charge >= 0.3 is 0 Å². The van der Waals surface area contributed by atoms with Gasteiger partial charge in [0, 0.05) is 11.4 Å². The number of ether oxygens (including phenoxy) is 1. The number of benzene rings is 2. The van der Waals surface area contributed by atoms with Crippen LogP contribution < -0.4 is 15.0 Å². The molecule has 0 saturated carbocycles. The van der Waals surface area contributed by atoms with Crippen LogP contribution in [0.5, 0.6) is 5.75 Å². The van der Waals surface area contributed by atoms with Crippen LogP contribution in [0, 0.1) is 0 Å². The highest BCUT2D eigenvalue weighted by molar-refractivity contribution is 6.12. The van der Waals surface area contributed by atoms with Gasteiger partial charge in [0.1, 0.15) is 17.7 Å². The van der Waals surface area contributed by atoms with Crippen LogP contribution in [0.4, 0.5) is 11.4 Å². The minimum absolute atomic E-state index is 0.0568. The van der Waals surface area contributed by atoms with Crippen molar-refractivity contribution in [2.24, 2.45) is 0 Å². The first-order chi connectivity index (χ1) is 12.8. The van der Waals surface area contributed by atoms with Crippen LogP contribution in [0.1, 0.15) is 16.1 Å². The summed E-state index contributed by atoms with van der Waals surface area (Å²) in [6.45, 7) is 0. The van der Waals surface area contributed by atoms with Crippen molar-refractivity contribution < 1.29 is 13.9 Å². The minimum Gasteiger partial charge on any atom is -0.497 e. The predicted molar refractivity (Wildman–Crippen MR) is 101 cm³/mol. The molecule has 26 heavy (non-hydrogen) atoms.